The first-order valence-corrected chi connectivity index (χ1v) is 10.5. The summed E-state index contributed by atoms with van der Waals surface area (Å²) in [4.78, 5) is 27.2. The van der Waals surface area contributed by atoms with Gasteiger partial charge in [0.2, 0.25) is 5.91 Å². The summed E-state index contributed by atoms with van der Waals surface area (Å²) in [6.45, 7) is 5.98. The number of hydrogen-bond donors (Lipinski definition) is 2. The van der Waals surface area contributed by atoms with Crippen LogP contribution in [-0.2, 0) is 4.79 Å². The van der Waals surface area contributed by atoms with E-state index in [-0.39, 0.29) is 17.9 Å². The van der Waals surface area contributed by atoms with Crippen molar-refractivity contribution in [2.45, 2.75) is 48.8 Å². The minimum absolute atomic E-state index is 0.00640. The van der Waals surface area contributed by atoms with Crippen LogP contribution in [0, 0.1) is 5.92 Å². The number of furan rings is 1. The first-order chi connectivity index (χ1) is 13.5. The first kappa shape index (κ1) is 19.1. The molecule has 0 spiro atoms. The Labute approximate surface area is 169 Å². The number of piperidine rings is 3. The van der Waals surface area contributed by atoms with E-state index < -0.39 is 0 Å². The third kappa shape index (κ3) is 4.10. The highest BCUT2D eigenvalue weighted by molar-refractivity contribution is 7.99. The van der Waals surface area contributed by atoms with Gasteiger partial charge in [-0.2, -0.15) is 0 Å². The van der Waals surface area contributed by atoms with Crippen molar-refractivity contribution >= 4 is 29.3 Å². The molecule has 3 saturated heterocycles. The van der Waals surface area contributed by atoms with E-state index in [2.05, 4.69) is 22.5 Å². The minimum Gasteiger partial charge on any atom is -0.456 e. The van der Waals surface area contributed by atoms with Crippen LogP contribution in [0.1, 0.15) is 37.0 Å². The summed E-state index contributed by atoms with van der Waals surface area (Å²) < 4.78 is 5.45. The Balaban J connectivity index is 1.37. The van der Waals surface area contributed by atoms with Gasteiger partial charge in [0.1, 0.15) is 6.26 Å². The molecule has 28 heavy (non-hydrogen) atoms. The maximum atomic E-state index is 12.7. The Hall–Kier alpha value is -2.25. The average Bonchev–Trinajstić information content (AvgIpc) is 3.11. The zero-order valence-corrected chi connectivity index (χ0v) is 16.9. The third-order valence-corrected chi connectivity index (χ3v) is 6.63. The van der Waals surface area contributed by atoms with E-state index in [0.29, 0.717) is 28.3 Å². The van der Waals surface area contributed by atoms with E-state index >= 15 is 0 Å². The average molecular weight is 400 g/mol. The van der Waals surface area contributed by atoms with Crippen molar-refractivity contribution in [3.8, 4) is 0 Å². The van der Waals surface area contributed by atoms with Crippen molar-refractivity contribution in [1.29, 1.82) is 0 Å². The van der Waals surface area contributed by atoms with E-state index in [9.17, 15) is 9.59 Å². The van der Waals surface area contributed by atoms with Crippen LogP contribution in [0.4, 0.5) is 5.69 Å². The predicted octanol–water partition coefficient (Wildman–Crippen LogP) is 3.60. The molecule has 6 nitrogen and oxygen atoms in total. The fourth-order valence-corrected chi connectivity index (χ4v) is 5.00. The molecule has 3 aliphatic rings. The van der Waals surface area contributed by atoms with Crippen LogP contribution in [0.15, 0.2) is 51.0 Å². The quantitative estimate of drug-likeness (QED) is 0.804. The van der Waals surface area contributed by atoms with Gasteiger partial charge in [-0.05, 0) is 63.0 Å². The van der Waals surface area contributed by atoms with Crippen LogP contribution in [0.3, 0.4) is 0 Å². The van der Waals surface area contributed by atoms with E-state index in [1.807, 2.05) is 24.3 Å². The molecule has 2 N–H and O–H groups in total. The zero-order chi connectivity index (χ0) is 19.7. The molecule has 0 aliphatic carbocycles. The number of benzene rings is 1. The number of fused-ring (bicyclic) bond motifs is 3. The molecule has 3 aliphatic heterocycles. The van der Waals surface area contributed by atoms with Gasteiger partial charge in [-0.25, -0.2) is 0 Å². The van der Waals surface area contributed by atoms with Crippen molar-refractivity contribution in [3.05, 3.63) is 42.2 Å². The summed E-state index contributed by atoms with van der Waals surface area (Å²) in [5, 5.41) is 6.63. The molecule has 7 heteroatoms. The second kappa shape index (κ2) is 8.01. The minimum atomic E-state index is -0.134. The lowest BCUT2D eigenvalue weighted by Crippen LogP contribution is -2.62. The Morgan fingerprint density at radius 3 is 2.54 bits per heavy atom. The molecule has 2 bridgehead atoms. The van der Waals surface area contributed by atoms with Gasteiger partial charge in [0, 0.05) is 35.5 Å². The summed E-state index contributed by atoms with van der Waals surface area (Å²) in [6, 6.07) is 9.95. The highest BCUT2D eigenvalue weighted by Crippen LogP contribution is 2.33. The Morgan fingerprint density at radius 2 is 1.89 bits per heavy atom. The number of carbonyl (C=O) groups excluding carboxylic acids is 2. The molecule has 1 aromatic heterocycles. The molecule has 148 valence electrons. The summed E-state index contributed by atoms with van der Waals surface area (Å²) in [5.74, 6) is 0.452. The third-order valence-electron chi connectivity index (χ3n) is 5.71. The molecule has 0 radical (unpaired) electrons. The fraction of sp³-hybridized carbons (Fsp3) is 0.429. The van der Waals surface area contributed by atoms with Crippen molar-refractivity contribution < 1.29 is 14.0 Å². The van der Waals surface area contributed by atoms with Gasteiger partial charge in [0.15, 0.2) is 5.09 Å². The molecule has 2 aromatic rings. The number of nitrogens with zero attached hydrogens (tertiary/aromatic N) is 1. The molecular weight excluding hydrogens is 374 g/mol. The largest absolute Gasteiger partial charge is 0.456 e. The maximum absolute atomic E-state index is 12.7. The topological polar surface area (TPSA) is 74.6 Å². The molecule has 0 saturated carbocycles. The highest BCUT2D eigenvalue weighted by atomic mass is 32.2. The fourth-order valence-electron chi connectivity index (χ4n) is 4.21. The van der Waals surface area contributed by atoms with Crippen molar-refractivity contribution in [2.75, 3.05) is 18.4 Å². The summed E-state index contributed by atoms with van der Waals surface area (Å²) in [7, 11) is 0. The van der Waals surface area contributed by atoms with Crippen LogP contribution in [0.25, 0.3) is 0 Å². The lowest BCUT2D eigenvalue weighted by molar-refractivity contribution is -0.114. The Kier molecular flexibility index (Phi) is 5.46. The van der Waals surface area contributed by atoms with Gasteiger partial charge in [0.05, 0.1) is 5.69 Å². The van der Waals surface area contributed by atoms with Gasteiger partial charge in [-0.15, -0.1) is 0 Å². The van der Waals surface area contributed by atoms with Crippen LogP contribution >= 0.6 is 11.8 Å². The maximum Gasteiger partial charge on any atom is 0.251 e. The van der Waals surface area contributed by atoms with E-state index in [1.54, 1.807) is 6.07 Å². The lowest BCUT2D eigenvalue weighted by atomic mass is 9.79. The number of rotatable bonds is 5. The van der Waals surface area contributed by atoms with Crippen LogP contribution in [0.5, 0.6) is 0 Å². The standard InChI is InChI=1S/C21H25N3O3S/c1-13-20(15-7-9-24(13)10-8-15)23-21(26)16-3-5-18(6-4-16)28-19-11-17(12-27-19)22-14(2)25/h3-6,11-13,15,20H,7-10H2,1-2H3,(H,22,25)(H,23,26)/t13-,20-/m0/s1. The van der Waals surface area contributed by atoms with Crippen LogP contribution in [0.2, 0.25) is 0 Å². The van der Waals surface area contributed by atoms with Crippen molar-refractivity contribution in [2.24, 2.45) is 5.92 Å². The van der Waals surface area contributed by atoms with E-state index in [1.165, 1.54) is 37.8 Å². The SMILES string of the molecule is CC(=O)Nc1coc(Sc2ccc(C(=O)N[C@@H]3C4CCN(CC4)[C@H]3C)cc2)c1. The van der Waals surface area contributed by atoms with Gasteiger partial charge in [-0.1, -0.05) is 11.8 Å². The number of anilines is 1. The first-order valence-electron chi connectivity index (χ1n) is 9.68. The van der Waals surface area contributed by atoms with Gasteiger partial charge < -0.3 is 15.1 Å². The van der Waals surface area contributed by atoms with Crippen molar-refractivity contribution in [3.63, 3.8) is 0 Å². The smallest absolute Gasteiger partial charge is 0.251 e. The molecular formula is C21H25N3O3S. The molecule has 4 heterocycles. The van der Waals surface area contributed by atoms with Crippen LogP contribution in [-0.4, -0.2) is 41.9 Å². The molecule has 3 fully saturated rings. The van der Waals surface area contributed by atoms with Gasteiger partial charge >= 0.3 is 0 Å². The van der Waals surface area contributed by atoms with E-state index in [0.717, 1.165) is 18.0 Å². The summed E-state index contributed by atoms with van der Waals surface area (Å²) in [5.41, 5.74) is 1.31. The second-order valence-electron chi connectivity index (χ2n) is 7.58. The van der Waals surface area contributed by atoms with E-state index in [4.69, 9.17) is 4.42 Å². The number of amides is 2. The molecule has 1 aromatic carbocycles. The monoisotopic (exact) mass is 399 g/mol. The van der Waals surface area contributed by atoms with Gasteiger partial charge in [-0.3, -0.25) is 14.5 Å². The molecule has 2 atom stereocenters. The normalized spacial score (nSPS) is 26.1. The number of nitrogens with one attached hydrogen (secondary N) is 2. The van der Waals surface area contributed by atoms with Gasteiger partial charge in [0.25, 0.3) is 5.91 Å². The Morgan fingerprint density at radius 1 is 1.18 bits per heavy atom. The van der Waals surface area contributed by atoms with Crippen molar-refractivity contribution in [1.82, 2.24) is 10.2 Å². The summed E-state index contributed by atoms with van der Waals surface area (Å²) in [6.07, 6.45) is 3.86. The zero-order valence-electron chi connectivity index (χ0n) is 16.1. The molecule has 5 rings (SSSR count). The lowest BCUT2D eigenvalue weighted by Gasteiger charge is -2.49. The molecule has 0 unspecified atom stereocenters. The Bertz CT molecular complexity index is 854. The molecule has 2 amide bonds. The highest BCUT2D eigenvalue weighted by Gasteiger charge is 2.40. The predicted molar refractivity (Wildman–Crippen MR) is 109 cm³/mol. The second-order valence-corrected chi connectivity index (χ2v) is 8.65. The van der Waals surface area contributed by atoms with Crippen LogP contribution < -0.4 is 10.6 Å². The number of carbonyl (C=O) groups is 2. The summed E-state index contributed by atoms with van der Waals surface area (Å²) >= 11 is 1.45. The number of hydrogen-bond acceptors (Lipinski definition) is 5.